The van der Waals surface area contributed by atoms with E-state index in [9.17, 15) is 0 Å². The molecule has 0 radical (unpaired) electrons. The van der Waals surface area contributed by atoms with Crippen LogP contribution < -0.4 is 5.32 Å². The highest BCUT2D eigenvalue weighted by Crippen LogP contribution is 2.24. The largest absolute Gasteiger partial charge is 0.383 e. The predicted molar refractivity (Wildman–Crippen MR) is 73.2 cm³/mol. The molecule has 0 aliphatic carbocycles. The van der Waals surface area contributed by atoms with E-state index in [1.54, 1.807) is 0 Å². The molecule has 0 fully saturated rings. The maximum atomic E-state index is 5.42. The number of aryl methyl sites for hydroxylation is 2. The zero-order valence-electron chi connectivity index (χ0n) is 10.3. The summed E-state index contributed by atoms with van der Waals surface area (Å²) in [6.07, 6.45) is 1.08. The van der Waals surface area contributed by atoms with Crippen molar-refractivity contribution in [2.24, 2.45) is 0 Å². The van der Waals surface area contributed by atoms with Crippen molar-refractivity contribution in [3.05, 3.63) is 27.7 Å². The third-order valence-corrected chi connectivity index (χ3v) is 3.61. The molecule has 1 aromatic rings. The summed E-state index contributed by atoms with van der Waals surface area (Å²) in [6, 6.07) is 4.30. The zero-order valence-corrected chi connectivity index (χ0v) is 11.9. The summed E-state index contributed by atoms with van der Waals surface area (Å²) in [5.74, 6) is 0. The molecule has 0 saturated carbocycles. The number of halogens is 1. The number of anilines is 1. The Labute approximate surface area is 107 Å². The van der Waals surface area contributed by atoms with Crippen LogP contribution >= 0.6 is 15.9 Å². The van der Waals surface area contributed by atoms with E-state index in [1.165, 1.54) is 21.3 Å². The number of nitrogens with one attached hydrogen (secondary N) is 1. The van der Waals surface area contributed by atoms with Crippen LogP contribution in [0.1, 0.15) is 24.5 Å². The van der Waals surface area contributed by atoms with Gasteiger partial charge in [0.25, 0.3) is 0 Å². The molecule has 0 spiro atoms. The third-order valence-electron chi connectivity index (χ3n) is 2.36. The van der Waals surface area contributed by atoms with Crippen LogP contribution in [-0.4, -0.2) is 19.8 Å². The molecule has 0 atom stereocenters. The fourth-order valence-electron chi connectivity index (χ4n) is 1.56. The van der Waals surface area contributed by atoms with Crippen molar-refractivity contribution < 1.29 is 4.74 Å². The lowest BCUT2D eigenvalue weighted by molar-refractivity contribution is 0.144. The third kappa shape index (κ3) is 4.14. The Morgan fingerprint density at radius 2 is 1.81 bits per heavy atom. The van der Waals surface area contributed by atoms with Gasteiger partial charge in [-0.1, -0.05) is 22.9 Å². The number of ether oxygens (including phenoxy) is 1. The molecule has 0 amide bonds. The van der Waals surface area contributed by atoms with Gasteiger partial charge in [-0.25, -0.2) is 0 Å². The lowest BCUT2D eigenvalue weighted by atomic mass is 10.1. The minimum absolute atomic E-state index is 0.766. The second kappa shape index (κ2) is 6.92. The van der Waals surface area contributed by atoms with Crippen molar-refractivity contribution in [3.8, 4) is 0 Å². The van der Waals surface area contributed by atoms with Crippen LogP contribution in [0.5, 0.6) is 0 Å². The Hall–Kier alpha value is -0.540. The van der Waals surface area contributed by atoms with E-state index < -0.39 is 0 Å². The van der Waals surface area contributed by atoms with Crippen molar-refractivity contribution in [2.45, 2.75) is 27.2 Å². The Morgan fingerprint density at radius 1 is 1.19 bits per heavy atom. The van der Waals surface area contributed by atoms with Gasteiger partial charge in [-0.2, -0.15) is 0 Å². The Balaban J connectivity index is 2.43. The fourth-order valence-corrected chi connectivity index (χ4v) is 1.79. The van der Waals surface area contributed by atoms with E-state index in [4.69, 9.17) is 4.74 Å². The molecular weight excluding hydrogens is 266 g/mol. The first-order chi connectivity index (χ1) is 7.65. The van der Waals surface area contributed by atoms with Crippen LogP contribution in [0.4, 0.5) is 5.69 Å². The van der Waals surface area contributed by atoms with Crippen LogP contribution in [0.2, 0.25) is 0 Å². The Kier molecular flexibility index (Phi) is 5.85. The molecule has 0 aromatic heterocycles. The molecule has 0 heterocycles. The molecule has 1 aromatic carbocycles. The number of hydrogen-bond donors (Lipinski definition) is 1. The maximum absolute atomic E-state index is 5.42. The molecule has 2 nitrogen and oxygen atoms in total. The molecule has 3 heteroatoms. The van der Waals surface area contributed by atoms with Crippen molar-refractivity contribution >= 4 is 21.6 Å². The summed E-state index contributed by atoms with van der Waals surface area (Å²) < 4.78 is 6.61. The molecule has 90 valence electrons. The van der Waals surface area contributed by atoms with E-state index in [2.05, 4.69) is 54.2 Å². The normalized spacial score (nSPS) is 10.5. The molecule has 1 rings (SSSR count). The molecule has 0 unspecified atom stereocenters. The van der Waals surface area contributed by atoms with Crippen LogP contribution in [0.15, 0.2) is 16.6 Å². The van der Waals surface area contributed by atoms with Gasteiger partial charge in [-0.3, -0.25) is 0 Å². The van der Waals surface area contributed by atoms with Crippen molar-refractivity contribution in [1.82, 2.24) is 0 Å². The van der Waals surface area contributed by atoms with Crippen molar-refractivity contribution in [3.63, 3.8) is 0 Å². The topological polar surface area (TPSA) is 21.3 Å². The smallest absolute Gasteiger partial charge is 0.0639 e. The van der Waals surface area contributed by atoms with E-state index in [1.807, 2.05) is 0 Å². The Morgan fingerprint density at radius 3 is 2.38 bits per heavy atom. The summed E-state index contributed by atoms with van der Waals surface area (Å²) in [7, 11) is 0. The first kappa shape index (κ1) is 13.5. The standard InChI is InChI=1S/C13H20BrNO/c1-4-6-16-7-5-15-12-8-10(2)13(14)11(3)9-12/h8-9,15H,4-7H2,1-3H3. The molecule has 0 saturated heterocycles. The van der Waals surface area contributed by atoms with Gasteiger partial charge in [0, 0.05) is 23.3 Å². The van der Waals surface area contributed by atoms with Gasteiger partial charge in [0.2, 0.25) is 0 Å². The summed E-state index contributed by atoms with van der Waals surface area (Å²) >= 11 is 3.56. The highest BCUT2D eigenvalue weighted by atomic mass is 79.9. The molecule has 0 bridgehead atoms. The van der Waals surface area contributed by atoms with Gasteiger partial charge in [0.1, 0.15) is 0 Å². The molecule has 1 N–H and O–H groups in total. The van der Waals surface area contributed by atoms with E-state index in [0.717, 1.165) is 26.2 Å². The second-order valence-electron chi connectivity index (χ2n) is 3.96. The molecule has 16 heavy (non-hydrogen) atoms. The van der Waals surface area contributed by atoms with Gasteiger partial charge in [0.05, 0.1) is 6.61 Å². The van der Waals surface area contributed by atoms with Crippen molar-refractivity contribution in [2.75, 3.05) is 25.1 Å². The van der Waals surface area contributed by atoms with E-state index in [0.29, 0.717) is 0 Å². The highest BCUT2D eigenvalue weighted by molar-refractivity contribution is 9.10. The number of benzene rings is 1. The van der Waals surface area contributed by atoms with E-state index in [-0.39, 0.29) is 0 Å². The monoisotopic (exact) mass is 285 g/mol. The molecular formula is C13H20BrNO. The summed E-state index contributed by atoms with van der Waals surface area (Å²) in [4.78, 5) is 0. The average Bonchev–Trinajstić information content (AvgIpc) is 2.25. The zero-order chi connectivity index (χ0) is 12.0. The van der Waals surface area contributed by atoms with Gasteiger partial charge in [-0.15, -0.1) is 0 Å². The van der Waals surface area contributed by atoms with Crippen LogP contribution in [0, 0.1) is 13.8 Å². The lowest BCUT2D eigenvalue weighted by Crippen LogP contribution is -2.10. The highest BCUT2D eigenvalue weighted by Gasteiger charge is 2.01. The van der Waals surface area contributed by atoms with Crippen LogP contribution in [0.3, 0.4) is 0 Å². The minimum atomic E-state index is 0.766. The average molecular weight is 286 g/mol. The van der Waals surface area contributed by atoms with Gasteiger partial charge >= 0.3 is 0 Å². The lowest BCUT2D eigenvalue weighted by Gasteiger charge is -2.10. The minimum Gasteiger partial charge on any atom is -0.383 e. The summed E-state index contributed by atoms with van der Waals surface area (Å²) in [5, 5.41) is 3.37. The SMILES string of the molecule is CCCOCCNc1cc(C)c(Br)c(C)c1. The van der Waals surface area contributed by atoms with Gasteiger partial charge in [0.15, 0.2) is 0 Å². The fraction of sp³-hybridized carbons (Fsp3) is 0.538. The first-order valence-electron chi connectivity index (χ1n) is 5.73. The van der Waals surface area contributed by atoms with Gasteiger partial charge < -0.3 is 10.1 Å². The summed E-state index contributed by atoms with van der Waals surface area (Å²) in [5.41, 5.74) is 3.69. The number of hydrogen-bond acceptors (Lipinski definition) is 2. The second-order valence-corrected chi connectivity index (χ2v) is 4.76. The quantitative estimate of drug-likeness (QED) is 0.801. The predicted octanol–water partition coefficient (Wildman–Crippen LogP) is 3.90. The van der Waals surface area contributed by atoms with Crippen molar-refractivity contribution in [1.29, 1.82) is 0 Å². The number of rotatable bonds is 6. The first-order valence-corrected chi connectivity index (χ1v) is 6.52. The van der Waals surface area contributed by atoms with E-state index >= 15 is 0 Å². The maximum Gasteiger partial charge on any atom is 0.0639 e. The summed E-state index contributed by atoms with van der Waals surface area (Å²) in [6.45, 7) is 8.81. The van der Waals surface area contributed by atoms with Crippen LogP contribution in [-0.2, 0) is 4.74 Å². The Bertz CT molecular complexity index is 316. The van der Waals surface area contributed by atoms with Crippen LogP contribution in [0.25, 0.3) is 0 Å². The van der Waals surface area contributed by atoms with Gasteiger partial charge in [-0.05, 0) is 43.5 Å². The molecule has 0 aliphatic heterocycles. The molecule has 0 aliphatic rings.